The van der Waals surface area contributed by atoms with Gasteiger partial charge in [-0.05, 0) is 30.5 Å². The smallest absolute Gasteiger partial charge is 0.139 e. The molecule has 1 N–H and O–H groups in total. The van der Waals surface area contributed by atoms with Crippen LogP contribution in [0.1, 0.15) is 24.4 Å². The Labute approximate surface area is 118 Å². The van der Waals surface area contributed by atoms with Gasteiger partial charge in [-0.1, -0.05) is 30.3 Å². The van der Waals surface area contributed by atoms with E-state index in [0.29, 0.717) is 6.04 Å². The Bertz CT molecular complexity index is 717. The summed E-state index contributed by atoms with van der Waals surface area (Å²) in [6.45, 7) is 1.11. The van der Waals surface area contributed by atoms with Crippen LogP contribution >= 0.6 is 0 Å². The van der Waals surface area contributed by atoms with E-state index >= 15 is 0 Å². The number of H-pyrrole nitrogens is 1. The van der Waals surface area contributed by atoms with Crippen LogP contribution in [0.2, 0.25) is 0 Å². The van der Waals surface area contributed by atoms with Gasteiger partial charge in [0.25, 0.3) is 0 Å². The lowest BCUT2D eigenvalue weighted by Gasteiger charge is -2.27. The molecule has 3 heterocycles. The van der Waals surface area contributed by atoms with Crippen LogP contribution in [-0.2, 0) is 0 Å². The van der Waals surface area contributed by atoms with Gasteiger partial charge in [0.05, 0.1) is 6.04 Å². The van der Waals surface area contributed by atoms with Crippen LogP contribution in [0.25, 0.3) is 11.0 Å². The zero-order valence-electron chi connectivity index (χ0n) is 11.3. The number of hydrogen-bond acceptors (Lipinski definition) is 2. The number of nitrogens with zero attached hydrogens (tertiary/aromatic N) is 2. The van der Waals surface area contributed by atoms with Crippen LogP contribution in [0.3, 0.4) is 0 Å². The average Bonchev–Trinajstić information content (AvgIpc) is 3.16. The van der Waals surface area contributed by atoms with Crippen molar-refractivity contribution in [2.75, 3.05) is 11.4 Å². The molecule has 20 heavy (non-hydrogen) atoms. The van der Waals surface area contributed by atoms with Crippen molar-refractivity contribution in [1.29, 1.82) is 0 Å². The van der Waals surface area contributed by atoms with Gasteiger partial charge >= 0.3 is 0 Å². The number of aromatic amines is 1. The van der Waals surface area contributed by atoms with Crippen LogP contribution < -0.4 is 4.90 Å². The maximum atomic E-state index is 4.39. The summed E-state index contributed by atoms with van der Waals surface area (Å²) in [5, 5.41) is 1.22. The average molecular weight is 263 g/mol. The van der Waals surface area contributed by atoms with E-state index in [0.717, 1.165) is 12.2 Å². The molecule has 3 aromatic rings. The second-order valence-electron chi connectivity index (χ2n) is 5.33. The van der Waals surface area contributed by atoms with Gasteiger partial charge < -0.3 is 9.88 Å². The molecule has 3 heteroatoms. The molecule has 0 aliphatic carbocycles. The highest BCUT2D eigenvalue weighted by molar-refractivity contribution is 5.90. The summed E-state index contributed by atoms with van der Waals surface area (Å²) in [4.78, 5) is 10.1. The van der Waals surface area contributed by atoms with Crippen molar-refractivity contribution in [2.45, 2.75) is 18.9 Å². The highest BCUT2D eigenvalue weighted by Gasteiger charge is 2.27. The molecule has 3 nitrogen and oxygen atoms in total. The van der Waals surface area contributed by atoms with E-state index in [1.807, 2.05) is 12.4 Å². The zero-order valence-corrected chi connectivity index (χ0v) is 11.3. The van der Waals surface area contributed by atoms with E-state index in [2.05, 4.69) is 57.3 Å². The standard InChI is InChI=1S/C17H17N3/c1-2-5-13(6-3-1)15-7-4-12-20(15)16-9-11-19-17-14(16)8-10-18-17/h1-3,5-6,8-11,15H,4,7,12H2,(H,18,19). The van der Waals surface area contributed by atoms with Crippen LogP contribution in [0.15, 0.2) is 54.9 Å². The second-order valence-corrected chi connectivity index (χ2v) is 5.33. The molecular weight excluding hydrogens is 246 g/mol. The summed E-state index contributed by atoms with van der Waals surface area (Å²) >= 11 is 0. The number of hydrogen-bond donors (Lipinski definition) is 1. The van der Waals surface area contributed by atoms with E-state index in [9.17, 15) is 0 Å². The van der Waals surface area contributed by atoms with Gasteiger partial charge in [-0.15, -0.1) is 0 Å². The van der Waals surface area contributed by atoms with Gasteiger partial charge in [-0.25, -0.2) is 4.98 Å². The molecular formula is C17H17N3. The maximum absolute atomic E-state index is 4.39. The molecule has 1 aliphatic rings. The highest BCUT2D eigenvalue weighted by Crippen LogP contribution is 2.38. The number of anilines is 1. The van der Waals surface area contributed by atoms with Crippen LogP contribution in [0.4, 0.5) is 5.69 Å². The number of pyridine rings is 1. The molecule has 0 spiro atoms. The zero-order chi connectivity index (χ0) is 13.4. The van der Waals surface area contributed by atoms with Crippen LogP contribution in [-0.4, -0.2) is 16.5 Å². The van der Waals surface area contributed by atoms with E-state index in [-0.39, 0.29) is 0 Å². The summed E-state index contributed by atoms with van der Waals surface area (Å²) < 4.78 is 0. The minimum Gasteiger partial charge on any atom is -0.364 e. The summed E-state index contributed by atoms with van der Waals surface area (Å²) in [5.41, 5.74) is 3.68. The Morgan fingerprint density at radius 1 is 1.10 bits per heavy atom. The predicted molar refractivity (Wildman–Crippen MR) is 81.9 cm³/mol. The van der Waals surface area contributed by atoms with Crippen molar-refractivity contribution in [3.63, 3.8) is 0 Å². The molecule has 2 aromatic heterocycles. The Kier molecular flexibility index (Phi) is 2.69. The molecule has 100 valence electrons. The SMILES string of the molecule is c1ccc(C2CCCN2c2ccnc3[nH]ccc23)cc1. The highest BCUT2D eigenvalue weighted by atomic mass is 15.2. The second kappa shape index (κ2) is 4.67. The molecule has 0 amide bonds. The predicted octanol–water partition coefficient (Wildman–Crippen LogP) is 3.90. The fourth-order valence-electron chi connectivity index (χ4n) is 3.27. The van der Waals surface area contributed by atoms with Gasteiger partial charge in [0.15, 0.2) is 0 Å². The van der Waals surface area contributed by atoms with Crippen molar-refractivity contribution < 1.29 is 0 Å². The first kappa shape index (κ1) is 11.5. The maximum Gasteiger partial charge on any atom is 0.139 e. The number of rotatable bonds is 2. The van der Waals surface area contributed by atoms with E-state index in [1.165, 1.54) is 29.5 Å². The molecule has 0 radical (unpaired) electrons. The molecule has 4 rings (SSSR count). The molecule has 1 aromatic carbocycles. The number of fused-ring (bicyclic) bond motifs is 1. The summed E-state index contributed by atoms with van der Waals surface area (Å²) in [5.74, 6) is 0. The van der Waals surface area contributed by atoms with E-state index in [1.54, 1.807) is 0 Å². The summed E-state index contributed by atoms with van der Waals surface area (Å²) in [6.07, 6.45) is 6.33. The molecule has 0 saturated carbocycles. The number of nitrogens with one attached hydrogen (secondary N) is 1. The lowest BCUT2D eigenvalue weighted by atomic mass is 10.0. The van der Waals surface area contributed by atoms with Crippen molar-refractivity contribution >= 4 is 16.7 Å². The van der Waals surface area contributed by atoms with Crippen molar-refractivity contribution in [3.05, 3.63) is 60.4 Å². The third-order valence-electron chi connectivity index (χ3n) is 4.18. The Morgan fingerprint density at radius 2 is 2.00 bits per heavy atom. The monoisotopic (exact) mass is 263 g/mol. The molecule has 1 unspecified atom stereocenters. The minimum absolute atomic E-state index is 0.483. The fraction of sp³-hybridized carbons (Fsp3) is 0.235. The fourth-order valence-corrected chi connectivity index (χ4v) is 3.27. The van der Waals surface area contributed by atoms with Gasteiger partial charge in [0.2, 0.25) is 0 Å². The normalized spacial score (nSPS) is 18.8. The summed E-state index contributed by atoms with van der Waals surface area (Å²) in [7, 11) is 0. The van der Waals surface area contributed by atoms with Crippen molar-refractivity contribution in [1.82, 2.24) is 9.97 Å². The molecule has 1 atom stereocenters. The van der Waals surface area contributed by atoms with Gasteiger partial charge in [0.1, 0.15) is 5.65 Å². The van der Waals surface area contributed by atoms with Gasteiger partial charge in [-0.2, -0.15) is 0 Å². The summed E-state index contributed by atoms with van der Waals surface area (Å²) in [6, 6.07) is 15.6. The lowest BCUT2D eigenvalue weighted by Crippen LogP contribution is -2.22. The number of benzene rings is 1. The third kappa shape index (κ3) is 1.78. The Hall–Kier alpha value is -2.29. The molecule has 1 saturated heterocycles. The van der Waals surface area contributed by atoms with Crippen molar-refractivity contribution in [3.8, 4) is 0 Å². The van der Waals surface area contributed by atoms with E-state index < -0.39 is 0 Å². The Morgan fingerprint density at radius 3 is 2.90 bits per heavy atom. The first-order valence-corrected chi connectivity index (χ1v) is 7.17. The quantitative estimate of drug-likeness (QED) is 0.760. The first-order chi connectivity index (χ1) is 9.93. The molecule has 1 aliphatic heterocycles. The van der Waals surface area contributed by atoms with Gasteiger partial charge in [0, 0.05) is 30.0 Å². The van der Waals surface area contributed by atoms with Crippen LogP contribution in [0.5, 0.6) is 0 Å². The van der Waals surface area contributed by atoms with E-state index in [4.69, 9.17) is 0 Å². The Balaban J connectivity index is 1.79. The minimum atomic E-state index is 0.483. The number of aromatic nitrogens is 2. The first-order valence-electron chi connectivity index (χ1n) is 7.17. The van der Waals surface area contributed by atoms with Crippen LogP contribution in [0, 0.1) is 0 Å². The topological polar surface area (TPSA) is 31.9 Å². The van der Waals surface area contributed by atoms with Gasteiger partial charge in [-0.3, -0.25) is 0 Å². The van der Waals surface area contributed by atoms with Crippen molar-refractivity contribution in [2.24, 2.45) is 0 Å². The molecule has 0 bridgehead atoms. The largest absolute Gasteiger partial charge is 0.364 e. The third-order valence-corrected chi connectivity index (χ3v) is 4.18. The molecule has 1 fully saturated rings. The lowest BCUT2D eigenvalue weighted by molar-refractivity contribution is 0.721.